The molecule has 0 aliphatic carbocycles. The third-order valence-electron chi connectivity index (χ3n) is 10.8. The van der Waals surface area contributed by atoms with Crippen molar-refractivity contribution >= 4 is 77.8 Å². The number of amides is 2. The summed E-state index contributed by atoms with van der Waals surface area (Å²) in [5.74, 6) is -1.68. The Morgan fingerprint density at radius 2 is 0.859 bits per heavy atom. The summed E-state index contributed by atoms with van der Waals surface area (Å²) >= 11 is 12.9. The second-order valence-electron chi connectivity index (χ2n) is 14.5. The van der Waals surface area contributed by atoms with Crippen molar-refractivity contribution in [2.45, 2.75) is 23.6 Å². The molecule has 0 saturated heterocycles. The summed E-state index contributed by atoms with van der Waals surface area (Å²) in [4.78, 5) is 54.3. The number of benzene rings is 5. The molecule has 0 bridgehead atoms. The zero-order valence-electron chi connectivity index (χ0n) is 35.1. The number of nitrogens with one attached hydrogen (secondary N) is 2. The van der Waals surface area contributed by atoms with Crippen LogP contribution in [-0.4, -0.2) is 61.5 Å². The van der Waals surface area contributed by atoms with Crippen molar-refractivity contribution in [1.82, 2.24) is 18.7 Å². The molecule has 0 saturated carbocycles. The van der Waals surface area contributed by atoms with Crippen molar-refractivity contribution in [3.63, 3.8) is 0 Å². The third kappa shape index (κ3) is 8.00. The van der Waals surface area contributed by atoms with Gasteiger partial charge in [0.1, 0.15) is 11.4 Å². The number of aromatic nitrogens is 4. The van der Waals surface area contributed by atoms with E-state index in [-0.39, 0.29) is 53.7 Å². The van der Waals surface area contributed by atoms with Gasteiger partial charge in [-0.15, -0.1) is 0 Å². The highest BCUT2D eigenvalue weighted by atomic mass is 35.5. The smallest absolute Gasteiger partial charge is 0.296 e. The van der Waals surface area contributed by atoms with Crippen LogP contribution in [0, 0.1) is 13.8 Å². The Hall–Kier alpha value is -6.86. The minimum atomic E-state index is -4.44. The van der Waals surface area contributed by atoms with E-state index in [0.717, 1.165) is 20.7 Å². The van der Waals surface area contributed by atoms with Crippen molar-refractivity contribution in [2.24, 2.45) is 14.1 Å². The molecule has 0 fully saturated rings. The van der Waals surface area contributed by atoms with Gasteiger partial charge in [0.2, 0.25) is 0 Å². The van der Waals surface area contributed by atoms with Gasteiger partial charge in [0.15, 0.2) is 0 Å². The minimum absolute atomic E-state index is 0.0672. The Bertz CT molecular complexity index is 3130. The molecule has 330 valence electrons. The van der Waals surface area contributed by atoms with Crippen LogP contribution in [0.4, 0.5) is 22.7 Å². The Kier molecular flexibility index (Phi) is 12.3. The Balaban J connectivity index is 1.13. The highest BCUT2D eigenvalue weighted by Crippen LogP contribution is 2.31. The molecule has 2 amide bonds. The highest BCUT2D eigenvalue weighted by molar-refractivity contribution is 7.93. The van der Waals surface area contributed by atoms with E-state index in [4.69, 9.17) is 23.2 Å². The first-order chi connectivity index (χ1) is 30.3. The number of rotatable bonds is 12. The molecule has 7 aromatic rings. The lowest BCUT2D eigenvalue weighted by atomic mass is 10.1. The Morgan fingerprint density at radius 3 is 1.20 bits per heavy atom. The fourth-order valence-corrected chi connectivity index (χ4v) is 10.1. The summed E-state index contributed by atoms with van der Waals surface area (Å²) in [5, 5.41) is 5.11. The number of hydrogen-bond acceptors (Lipinski definition) is 8. The highest BCUT2D eigenvalue weighted by Gasteiger charge is 2.32. The van der Waals surface area contributed by atoms with Gasteiger partial charge in [0.25, 0.3) is 43.0 Å². The van der Waals surface area contributed by atoms with Crippen LogP contribution in [-0.2, 0) is 34.1 Å². The first-order valence-corrected chi connectivity index (χ1v) is 22.9. The average molecular weight is 944 g/mol. The van der Waals surface area contributed by atoms with Crippen molar-refractivity contribution in [3.8, 4) is 11.4 Å². The molecule has 2 aromatic heterocycles. The van der Waals surface area contributed by atoms with Gasteiger partial charge in [-0.05, 0) is 86.6 Å². The molecule has 2 heterocycles. The summed E-state index contributed by atoms with van der Waals surface area (Å²) in [6.07, 6.45) is 0. The number of carbonyl (C=O) groups is 2. The topological polar surface area (TPSA) is 187 Å². The monoisotopic (exact) mass is 942 g/mol. The first kappa shape index (κ1) is 45.2. The lowest BCUT2D eigenvalue weighted by molar-refractivity contribution is 0.101. The van der Waals surface area contributed by atoms with E-state index in [2.05, 4.69) is 10.6 Å². The summed E-state index contributed by atoms with van der Waals surface area (Å²) in [6, 6.07) is 30.6. The van der Waals surface area contributed by atoms with E-state index >= 15 is 0 Å². The minimum Gasteiger partial charge on any atom is -0.320 e. The second kappa shape index (κ2) is 17.4. The molecule has 0 atom stereocenters. The Morgan fingerprint density at radius 1 is 0.531 bits per heavy atom. The van der Waals surface area contributed by atoms with Crippen LogP contribution < -0.4 is 30.4 Å². The zero-order valence-corrected chi connectivity index (χ0v) is 38.2. The van der Waals surface area contributed by atoms with Gasteiger partial charge >= 0.3 is 0 Å². The molecule has 5 aromatic carbocycles. The normalized spacial score (nSPS) is 11.6. The Labute approximate surface area is 378 Å². The van der Waals surface area contributed by atoms with Crippen LogP contribution in [0.5, 0.6) is 0 Å². The van der Waals surface area contributed by atoms with Crippen molar-refractivity contribution in [1.29, 1.82) is 0 Å². The number of anilines is 4. The second-order valence-corrected chi connectivity index (χ2v) is 19.3. The number of sulfonamides is 2. The number of hydrogen-bond donors (Lipinski definition) is 2. The lowest BCUT2D eigenvalue weighted by Crippen LogP contribution is -2.32. The van der Waals surface area contributed by atoms with Gasteiger partial charge in [0, 0.05) is 28.2 Å². The maximum absolute atomic E-state index is 14.0. The standard InChI is InChI=1S/C44H40Cl2N8O8S2/c1-27-39(43(57)53(49(27)3)29-15-9-7-10-16-29)51(5)63(59,60)31-21-23-35(45)33(25-31)41(55)47-37-19-13-14-20-38(37)48-42(56)34-26-32(22-24-36(34)46)64(61,62)52(6)40-28(2)50(4)54(44(40)58)30-17-11-8-12-18-30/h7-26H,1-6H3,(H,47,55)(H,48,56). The van der Waals surface area contributed by atoms with E-state index in [1.54, 1.807) is 110 Å². The van der Waals surface area contributed by atoms with Gasteiger partial charge in [-0.3, -0.25) is 37.2 Å². The predicted octanol–water partition coefficient (Wildman–Crippen LogP) is 6.74. The largest absolute Gasteiger partial charge is 0.320 e. The SMILES string of the molecule is Cc1c(N(C)S(=O)(=O)c2ccc(Cl)c(C(=O)Nc3ccccc3NC(=O)c3cc(S(=O)(=O)N(C)c4c(C)n(C)n(-c5ccccc5)c4=O)ccc3Cl)c2)c(=O)n(-c2ccccc2)n1C. The van der Waals surface area contributed by atoms with Gasteiger partial charge in [-0.25, -0.2) is 26.2 Å². The van der Waals surface area contributed by atoms with Gasteiger partial charge in [-0.1, -0.05) is 71.7 Å². The van der Waals surface area contributed by atoms with Crippen LogP contribution in [0.3, 0.4) is 0 Å². The molecule has 0 radical (unpaired) electrons. The summed E-state index contributed by atoms with van der Waals surface area (Å²) in [7, 11) is -3.14. The fourth-order valence-electron chi connectivity index (χ4n) is 7.15. The number of halogens is 2. The maximum atomic E-state index is 14.0. The predicted molar refractivity (Wildman–Crippen MR) is 248 cm³/mol. The third-order valence-corrected chi connectivity index (χ3v) is 14.9. The summed E-state index contributed by atoms with van der Waals surface area (Å²) in [6.45, 7) is 3.23. The number of para-hydroxylation sites is 4. The van der Waals surface area contributed by atoms with Crippen LogP contribution >= 0.6 is 23.2 Å². The lowest BCUT2D eigenvalue weighted by Gasteiger charge is -2.19. The average Bonchev–Trinajstić information content (AvgIpc) is 3.64. The van der Waals surface area contributed by atoms with Crippen molar-refractivity contribution in [2.75, 3.05) is 33.3 Å². The summed E-state index contributed by atoms with van der Waals surface area (Å²) in [5.41, 5.74) is 0.0720. The van der Waals surface area contributed by atoms with Gasteiger partial charge < -0.3 is 10.6 Å². The fraction of sp³-hybridized carbons (Fsp3) is 0.136. The van der Waals surface area contributed by atoms with E-state index in [9.17, 15) is 36.0 Å². The molecule has 16 nitrogen and oxygen atoms in total. The molecule has 0 aliphatic heterocycles. The van der Waals surface area contributed by atoms with Gasteiger partial charge in [-0.2, -0.15) is 0 Å². The van der Waals surface area contributed by atoms with E-state index in [1.165, 1.54) is 59.9 Å². The van der Waals surface area contributed by atoms with E-state index < -0.39 is 43.0 Å². The molecule has 20 heteroatoms. The van der Waals surface area contributed by atoms with Crippen molar-refractivity contribution < 1.29 is 26.4 Å². The van der Waals surface area contributed by atoms with Gasteiger partial charge in [0.05, 0.1) is 65.1 Å². The molecule has 0 unspecified atom stereocenters. The molecular formula is C44H40Cl2N8O8S2. The van der Waals surface area contributed by atoms with Crippen molar-refractivity contribution in [3.05, 3.63) is 175 Å². The molecular weight excluding hydrogens is 904 g/mol. The van der Waals surface area contributed by atoms with E-state index in [1.807, 2.05) is 0 Å². The molecule has 7 rings (SSSR count). The molecule has 0 aliphatic rings. The maximum Gasteiger partial charge on any atom is 0.296 e. The quantitative estimate of drug-likeness (QED) is 0.135. The van der Waals surface area contributed by atoms with Crippen LogP contribution in [0.15, 0.2) is 141 Å². The zero-order chi connectivity index (χ0) is 46.4. The number of nitrogens with zero attached hydrogens (tertiary/aromatic N) is 6. The molecule has 64 heavy (non-hydrogen) atoms. The van der Waals surface area contributed by atoms with Crippen LogP contribution in [0.25, 0.3) is 11.4 Å². The van der Waals surface area contributed by atoms with E-state index in [0.29, 0.717) is 22.8 Å². The van der Waals surface area contributed by atoms with Crippen LogP contribution in [0.2, 0.25) is 10.0 Å². The molecule has 0 spiro atoms. The van der Waals surface area contributed by atoms with Crippen LogP contribution in [0.1, 0.15) is 32.1 Å². The molecule has 2 N–H and O–H groups in total. The summed E-state index contributed by atoms with van der Waals surface area (Å²) < 4.78 is 63.7. The first-order valence-electron chi connectivity index (χ1n) is 19.2. The number of carbonyl (C=O) groups excluding carboxylic acids is 2.